The molecule has 0 spiro atoms. The van der Waals surface area contributed by atoms with Gasteiger partial charge in [-0.25, -0.2) is 0 Å². The van der Waals surface area contributed by atoms with Crippen molar-refractivity contribution in [3.8, 4) is 0 Å². The van der Waals surface area contributed by atoms with E-state index in [4.69, 9.17) is 14.2 Å². The maximum atomic E-state index is 5.05. The molecule has 0 heterocycles. The molecule has 0 aromatic heterocycles. The Morgan fingerprint density at radius 1 is 0.857 bits per heavy atom. The fourth-order valence-corrected chi connectivity index (χ4v) is 1.18. The second-order valence-corrected chi connectivity index (χ2v) is 3.13. The normalized spacial score (nSPS) is 10.2. The van der Waals surface area contributed by atoms with E-state index in [9.17, 15) is 0 Å². The van der Waals surface area contributed by atoms with Crippen LogP contribution in [0, 0.1) is 0 Å². The predicted octanol–water partition coefficient (Wildman–Crippen LogP) is 2.02. The van der Waals surface area contributed by atoms with Gasteiger partial charge in [0.05, 0.1) is 0 Å². The molecule has 0 aliphatic carbocycles. The lowest BCUT2D eigenvalue weighted by molar-refractivity contribution is 0.187. The molecule has 0 aliphatic rings. The van der Waals surface area contributed by atoms with Gasteiger partial charge in [-0.15, -0.1) is 0 Å². The van der Waals surface area contributed by atoms with Gasteiger partial charge in [-0.05, 0) is 19.3 Å². The summed E-state index contributed by atoms with van der Waals surface area (Å²) in [6.45, 7) is 2.34. The zero-order valence-electron chi connectivity index (χ0n) is 9.54. The fourth-order valence-electron chi connectivity index (χ4n) is 1.18. The lowest BCUT2D eigenvalue weighted by Crippen LogP contribution is -1.98. The van der Waals surface area contributed by atoms with Crippen LogP contribution in [0.15, 0.2) is 11.6 Å². The highest BCUT2D eigenvalue weighted by molar-refractivity contribution is 5.02. The third kappa shape index (κ3) is 8.23. The van der Waals surface area contributed by atoms with Gasteiger partial charge in [0.25, 0.3) is 0 Å². The van der Waals surface area contributed by atoms with Crippen molar-refractivity contribution >= 4 is 0 Å². The molecule has 0 saturated heterocycles. The Hall–Kier alpha value is -0.380. The first-order chi connectivity index (χ1) is 6.85. The van der Waals surface area contributed by atoms with Crippen molar-refractivity contribution in [1.29, 1.82) is 0 Å². The van der Waals surface area contributed by atoms with Crippen LogP contribution in [0.2, 0.25) is 0 Å². The Labute approximate surface area is 87.0 Å². The Morgan fingerprint density at radius 3 is 1.79 bits per heavy atom. The molecule has 3 heteroatoms. The third-order valence-electron chi connectivity index (χ3n) is 2.01. The summed E-state index contributed by atoms with van der Waals surface area (Å²) in [5.74, 6) is 0. The average molecular weight is 202 g/mol. The molecule has 0 atom stereocenters. The minimum absolute atomic E-state index is 0.780. The number of hydrogen-bond donors (Lipinski definition) is 0. The highest BCUT2D eigenvalue weighted by atomic mass is 16.5. The molecule has 14 heavy (non-hydrogen) atoms. The van der Waals surface area contributed by atoms with E-state index in [1.54, 1.807) is 21.3 Å². The smallest absolute Gasteiger partial charge is 0.0499 e. The summed E-state index contributed by atoms with van der Waals surface area (Å²) in [4.78, 5) is 0. The zero-order valence-corrected chi connectivity index (χ0v) is 9.54. The second kappa shape index (κ2) is 10.7. The van der Waals surface area contributed by atoms with E-state index in [1.165, 1.54) is 5.57 Å². The number of ether oxygens (including phenoxy) is 3. The quantitative estimate of drug-likeness (QED) is 0.423. The minimum Gasteiger partial charge on any atom is -0.384 e. The van der Waals surface area contributed by atoms with Gasteiger partial charge >= 0.3 is 0 Å². The van der Waals surface area contributed by atoms with E-state index in [-0.39, 0.29) is 0 Å². The molecule has 0 aliphatic heterocycles. The highest BCUT2D eigenvalue weighted by Crippen LogP contribution is 2.08. The summed E-state index contributed by atoms with van der Waals surface area (Å²) < 4.78 is 15.1. The largest absolute Gasteiger partial charge is 0.384 e. The first-order valence-corrected chi connectivity index (χ1v) is 4.99. The molecule has 0 saturated carbocycles. The fraction of sp³-hybridized carbons (Fsp3) is 0.818. The van der Waals surface area contributed by atoms with Crippen LogP contribution < -0.4 is 0 Å². The van der Waals surface area contributed by atoms with Crippen molar-refractivity contribution in [2.45, 2.75) is 19.3 Å². The van der Waals surface area contributed by atoms with Gasteiger partial charge in [-0.3, -0.25) is 0 Å². The van der Waals surface area contributed by atoms with Gasteiger partial charge in [-0.2, -0.15) is 0 Å². The maximum absolute atomic E-state index is 5.05. The van der Waals surface area contributed by atoms with E-state index < -0.39 is 0 Å². The van der Waals surface area contributed by atoms with Gasteiger partial charge < -0.3 is 14.2 Å². The van der Waals surface area contributed by atoms with Gasteiger partial charge in [-0.1, -0.05) is 11.6 Å². The molecule has 0 radical (unpaired) electrons. The summed E-state index contributed by atoms with van der Waals surface area (Å²) in [6.07, 6.45) is 5.17. The van der Waals surface area contributed by atoms with E-state index >= 15 is 0 Å². The van der Waals surface area contributed by atoms with Crippen LogP contribution in [-0.4, -0.2) is 41.2 Å². The van der Waals surface area contributed by atoms with Crippen molar-refractivity contribution in [2.24, 2.45) is 0 Å². The molecule has 0 rings (SSSR count). The Kier molecular flexibility index (Phi) is 10.4. The van der Waals surface area contributed by atoms with E-state index in [0.717, 1.165) is 39.1 Å². The third-order valence-corrected chi connectivity index (χ3v) is 2.01. The van der Waals surface area contributed by atoms with Crippen molar-refractivity contribution in [3.05, 3.63) is 11.6 Å². The molecule has 84 valence electrons. The molecular formula is C11H22O3. The zero-order chi connectivity index (χ0) is 10.6. The molecular weight excluding hydrogens is 180 g/mol. The minimum atomic E-state index is 0.780. The topological polar surface area (TPSA) is 27.7 Å². The molecule has 0 aromatic rings. The van der Waals surface area contributed by atoms with E-state index in [2.05, 4.69) is 6.08 Å². The van der Waals surface area contributed by atoms with Crippen LogP contribution >= 0.6 is 0 Å². The molecule has 0 N–H and O–H groups in total. The highest BCUT2D eigenvalue weighted by Gasteiger charge is 1.97. The average Bonchev–Trinajstić information content (AvgIpc) is 2.21. The molecule has 0 bridgehead atoms. The monoisotopic (exact) mass is 202 g/mol. The van der Waals surface area contributed by atoms with Crippen LogP contribution in [0.5, 0.6) is 0 Å². The molecule has 3 nitrogen and oxygen atoms in total. The van der Waals surface area contributed by atoms with Crippen molar-refractivity contribution in [1.82, 2.24) is 0 Å². The first kappa shape index (κ1) is 13.6. The summed E-state index contributed by atoms with van der Waals surface area (Å²) in [5, 5.41) is 0. The van der Waals surface area contributed by atoms with E-state index in [0.29, 0.717) is 0 Å². The van der Waals surface area contributed by atoms with Crippen LogP contribution in [0.25, 0.3) is 0 Å². The summed E-state index contributed by atoms with van der Waals surface area (Å²) in [6, 6.07) is 0. The maximum Gasteiger partial charge on any atom is 0.0499 e. The molecule has 0 unspecified atom stereocenters. The Morgan fingerprint density at radius 2 is 1.36 bits per heavy atom. The van der Waals surface area contributed by atoms with Crippen LogP contribution in [0.3, 0.4) is 0 Å². The standard InChI is InChI=1S/C11H22O3/c1-12-8-4-5-11(6-9-13-2)7-10-14-3/h5H,4,6-10H2,1-3H3. The van der Waals surface area contributed by atoms with Gasteiger partial charge in [0.1, 0.15) is 0 Å². The lowest BCUT2D eigenvalue weighted by Gasteiger charge is -2.06. The first-order valence-electron chi connectivity index (χ1n) is 4.99. The van der Waals surface area contributed by atoms with Crippen molar-refractivity contribution in [2.75, 3.05) is 41.2 Å². The number of rotatable bonds is 9. The Balaban J connectivity index is 3.75. The molecule has 0 amide bonds. The summed E-state index contributed by atoms with van der Waals surface area (Å²) in [7, 11) is 5.17. The van der Waals surface area contributed by atoms with Crippen LogP contribution in [-0.2, 0) is 14.2 Å². The van der Waals surface area contributed by atoms with Gasteiger partial charge in [0, 0.05) is 41.2 Å². The second-order valence-electron chi connectivity index (χ2n) is 3.13. The van der Waals surface area contributed by atoms with Gasteiger partial charge in [0.2, 0.25) is 0 Å². The number of hydrogen-bond acceptors (Lipinski definition) is 3. The number of methoxy groups -OCH3 is 3. The molecule has 0 fully saturated rings. The van der Waals surface area contributed by atoms with Gasteiger partial charge in [0.15, 0.2) is 0 Å². The van der Waals surface area contributed by atoms with Crippen molar-refractivity contribution in [3.63, 3.8) is 0 Å². The van der Waals surface area contributed by atoms with Crippen LogP contribution in [0.4, 0.5) is 0 Å². The lowest BCUT2D eigenvalue weighted by atomic mass is 10.1. The molecule has 0 aromatic carbocycles. The predicted molar refractivity (Wildman–Crippen MR) is 57.6 cm³/mol. The van der Waals surface area contributed by atoms with Crippen molar-refractivity contribution < 1.29 is 14.2 Å². The van der Waals surface area contributed by atoms with Crippen LogP contribution in [0.1, 0.15) is 19.3 Å². The summed E-state index contributed by atoms with van der Waals surface area (Å²) >= 11 is 0. The SMILES string of the molecule is COCCC=C(CCOC)CCOC. The summed E-state index contributed by atoms with van der Waals surface area (Å²) in [5.41, 5.74) is 1.39. The van der Waals surface area contributed by atoms with E-state index in [1.807, 2.05) is 0 Å². The Bertz CT molecular complexity index is 133.